The molecule has 1 atom stereocenters. The van der Waals surface area contributed by atoms with Gasteiger partial charge in [0.15, 0.2) is 5.16 Å². The number of halogens is 1. The van der Waals surface area contributed by atoms with Gasteiger partial charge in [-0.25, -0.2) is 4.98 Å². The molecule has 7 heteroatoms. The standard InChI is InChI=1S/C14H12ClN3O2S/c1-21-14-17-12-11(13(20)18-14)9(6-10(19)16-12)7-3-2-4-8(15)5-7/h2-5,9H,6H2,1H3,(H2,16,17,18,19,20)/t9-/m0/s1. The van der Waals surface area contributed by atoms with Crippen molar-refractivity contribution in [2.24, 2.45) is 0 Å². The van der Waals surface area contributed by atoms with Crippen LogP contribution in [0.2, 0.25) is 5.02 Å². The summed E-state index contributed by atoms with van der Waals surface area (Å²) in [5.41, 5.74) is 1.09. The molecule has 1 aliphatic heterocycles. The highest BCUT2D eigenvalue weighted by atomic mass is 35.5. The lowest BCUT2D eigenvalue weighted by Crippen LogP contribution is -2.31. The zero-order valence-electron chi connectivity index (χ0n) is 11.1. The summed E-state index contributed by atoms with van der Waals surface area (Å²) < 4.78 is 0. The Morgan fingerprint density at radius 2 is 2.19 bits per heavy atom. The molecule has 1 aliphatic rings. The minimum Gasteiger partial charge on any atom is -0.310 e. The Bertz CT molecular complexity index is 775. The van der Waals surface area contributed by atoms with Crippen molar-refractivity contribution in [3.8, 4) is 0 Å². The van der Waals surface area contributed by atoms with Crippen molar-refractivity contribution in [1.29, 1.82) is 0 Å². The van der Waals surface area contributed by atoms with Gasteiger partial charge in [0.2, 0.25) is 5.91 Å². The molecule has 0 radical (unpaired) electrons. The second kappa shape index (κ2) is 5.54. The molecule has 2 N–H and O–H groups in total. The molecule has 3 rings (SSSR count). The molecule has 0 fully saturated rings. The van der Waals surface area contributed by atoms with Crippen molar-refractivity contribution in [3.05, 3.63) is 50.8 Å². The van der Waals surface area contributed by atoms with Gasteiger partial charge in [-0.2, -0.15) is 0 Å². The lowest BCUT2D eigenvalue weighted by molar-refractivity contribution is -0.116. The zero-order valence-corrected chi connectivity index (χ0v) is 12.7. The molecule has 1 aromatic heterocycles. The number of nitrogens with one attached hydrogen (secondary N) is 2. The maximum absolute atomic E-state index is 12.3. The van der Waals surface area contributed by atoms with E-state index < -0.39 is 0 Å². The highest BCUT2D eigenvalue weighted by Gasteiger charge is 2.30. The van der Waals surface area contributed by atoms with Crippen LogP contribution in [-0.4, -0.2) is 22.1 Å². The Morgan fingerprint density at radius 3 is 2.90 bits per heavy atom. The summed E-state index contributed by atoms with van der Waals surface area (Å²) in [5.74, 6) is -0.151. The molecular formula is C14H12ClN3O2S. The van der Waals surface area contributed by atoms with Crippen molar-refractivity contribution < 1.29 is 4.79 Å². The van der Waals surface area contributed by atoms with E-state index in [1.54, 1.807) is 12.1 Å². The third kappa shape index (κ3) is 2.69. The van der Waals surface area contributed by atoms with Gasteiger partial charge >= 0.3 is 0 Å². The summed E-state index contributed by atoms with van der Waals surface area (Å²) in [7, 11) is 0. The van der Waals surface area contributed by atoms with E-state index in [9.17, 15) is 9.59 Å². The molecule has 0 saturated carbocycles. The Morgan fingerprint density at radius 1 is 1.38 bits per heavy atom. The van der Waals surface area contributed by atoms with Gasteiger partial charge in [0, 0.05) is 17.4 Å². The third-order valence-electron chi connectivity index (χ3n) is 3.37. The minimum atomic E-state index is -0.334. The SMILES string of the molecule is CSc1nc2c(c(=O)[nH]1)[C@H](c1cccc(Cl)c1)CC(=O)N2. The van der Waals surface area contributed by atoms with Gasteiger partial charge in [0.1, 0.15) is 5.82 Å². The van der Waals surface area contributed by atoms with Crippen LogP contribution in [0.15, 0.2) is 34.2 Å². The largest absolute Gasteiger partial charge is 0.310 e. The number of anilines is 1. The molecule has 0 spiro atoms. The molecule has 1 aromatic carbocycles. The minimum absolute atomic E-state index is 0.155. The number of aromatic nitrogens is 2. The van der Waals surface area contributed by atoms with Crippen molar-refractivity contribution in [2.75, 3.05) is 11.6 Å². The van der Waals surface area contributed by atoms with E-state index in [1.807, 2.05) is 18.4 Å². The van der Waals surface area contributed by atoms with Crippen LogP contribution in [0, 0.1) is 0 Å². The number of hydrogen-bond donors (Lipinski definition) is 2. The maximum Gasteiger partial charge on any atom is 0.257 e. The monoisotopic (exact) mass is 321 g/mol. The number of carbonyl (C=O) groups is 1. The Kier molecular flexibility index (Phi) is 3.73. The Labute approximate surface area is 130 Å². The van der Waals surface area contributed by atoms with E-state index in [0.29, 0.717) is 21.6 Å². The van der Waals surface area contributed by atoms with Crippen LogP contribution < -0.4 is 10.9 Å². The summed E-state index contributed by atoms with van der Waals surface area (Å²) in [6.45, 7) is 0. The van der Waals surface area contributed by atoms with E-state index in [2.05, 4.69) is 15.3 Å². The molecule has 2 heterocycles. The van der Waals surface area contributed by atoms with Gasteiger partial charge in [-0.3, -0.25) is 9.59 Å². The number of benzene rings is 1. The first-order chi connectivity index (χ1) is 10.1. The van der Waals surface area contributed by atoms with Gasteiger partial charge in [-0.15, -0.1) is 0 Å². The van der Waals surface area contributed by atoms with Crippen LogP contribution in [-0.2, 0) is 4.79 Å². The van der Waals surface area contributed by atoms with Crippen molar-refractivity contribution in [3.63, 3.8) is 0 Å². The summed E-state index contributed by atoms with van der Waals surface area (Å²) in [6.07, 6.45) is 2.01. The summed E-state index contributed by atoms with van der Waals surface area (Å²) in [6, 6.07) is 7.20. The lowest BCUT2D eigenvalue weighted by atomic mass is 9.87. The summed E-state index contributed by atoms with van der Waals surface area (Å²) in [5, 5.41) is 3.73. The Balaban J connectivity index is 2.18. The fourth-order valence-corrected chi connectivity index (χ4v) is 3.03. The predicted octanol–water partition coefficient (Wildman–Crippen LogP) is 2.62. The molecule has 0 saturated heterocycles. The highest BCUT2D eigenvalue weighted by molar-refractivity contribution is 7.98. The number of amides is 1. The number of hydrogen-bond acceptors (Lipinski definition) is 4. The van der Waals surface area contributed by atoms with E-state index in [-0.39, 0.29) is 23.8 Å². The smallest absolute Gasteiger partial charge is 0.257 e. The predicted molar refractivity (Wildman–Crippen MR) is 83.2 cm³/mol. The fraction of sp³-hybridized carbons (Fsp3) is 0.214. The van der Waals surface area contributed by atoms with Gasteiger partial charge < -0.3 is 10.3 Å². The van der Waals surface area contributed by atoms with E-state index >= 15 is 0 Å². The van der Waals surface area contributed by atoms with Crippen molar-refractivity contribution in [2.45, 2.75) is 17.5 Å². The first kappa shape index (κ1) is 14.2. The summed E-state index contributed by atoms with van der Waals surface area (Å²) in [4.78, 5) is 31.2. The van der Waals surface area contributed by atoms with Gasteiger partial charge in [-0.05, 0) is 24.0 Å². The number of aromatic amines is 1. The number of H-pyrrole nitrogens is 1. The molecule has 21 heavy (non-hydrogen) atoms. The quantitative estimate of drug-likeness (QED) is 0.658. The van der Waals surface area contributed by atoms with Crippen LogP contribution in [0.4, 0.5) is 5.82 Å². The fourth-order valence-electron chi connectivity index (χ4n) is 2.46. The molecule has 1 amide bonds. The van der Waals surface area contributed by atoms with E-state index in [1.165, 1.54) is 11.8 Å². The normalized spacial score (nSPS) is 17.2. The Hall–Kier alpha value is -1.79. The third-order valence-corrected chi connectivity index (χ3v) is 4.19. The topological polar surface area (TPSA) is 74.8 Å². The lowest BCUT2D eigenvalue weighted by Gasteiger charge is -2.24. The second-order valence-corrected chi connectivity index (χ2v) is 5.93. The molecule has 108 valence electrons. The number of thioether (sulfide) groups is 1. The summed E-state index contributed by atoms with van der Waals surface area (Å²) >= 11 is 7.33. The molecular weight excluding hydrogens is 310 g/mol. The van der Waals surface area contributed by atoms with Crippen LogP contribution in [0.5, 0.6) is 0 Å². The van der Waals surface area contributed by atoms with Crippen LogP contribution in [0.1, 0.15) is 23.5 Å². The van der Waals surface area contributed by atoms with Crippen molar-refractivity contribution in [1.82, 2.24) is 9.97 Å². The molecule has 0 unspecified atom stereocenters. The molecule has 0 aliphatic carbocycles. The van der Waals surface area contributed by atoms with E-state index in [4.69, 9.17) is 11.6 Å². The zero-order chi connectivity index (χ0) is 15.0. The van der Waals surface area contributed by atoms with Crippen LogP contribution >= 0.6 is 23.4 Å². The van der Waals surface area contributed by atoms with Gasteiger partial charge in [0.25, 0.3) is 5.56 Å². The first-order valence-corrected chi connectivity index (χ1v) is 7.92. The van der Waals surface area contributed by atoms with Gasteiger partial charge in [-0.1, -0.05) is 35.5 Å². The number of nitrogens with zero attached hydrogens (tertiary/aromatic N) is 1. The van der Waals surface area contributed by atoms with Crippen molar-refractivity contribution >= 4 is 35.1 Å². The molecule has 2 aromatic rings. The maximum atomic E-state index is 12.3. The first-order valence-electron chi connectivity index (χ1n) is 6.32. The highest BCUT2D eigenvalue weighted by Crippen LogP contribution is 2.34. The average Bonchev–Trinajstić information content (AvgIpc) is 2.45. The average molecular weight is 322 g/mol. The molecule has 5 nitrogen and oxygen atoms in total. The number of carbonyl (C=O) groups excluding carboxylic acids is 1. The number of fused-ring (bicyclic) bond motifs is 1. The van der Waals surface area contributed by atoms with Crippen LogP contribution in [0.3, 0.4) is 0 Å². The van der Waals surface area contributed by atoms with Gasteiger partial charge in [0.05, 0.1) is 5.56 Å². The number of rotatable bonds is 2. The van der Waals surface area contributed by atoms with E-state index in [0.717, 1.165) is 5.56 Å². The second-order valence-electron chi connectivity index (χ2n) is 4.70. The van der Waals surface area contributed by atoms with Crippen LogP contribution in [0.25, 0.3) is 0 Å². The molecule has 0 bridgehead atoms.